The maximum atomic E-state index is 12.9. The molecule has 0 radical (unpaired) electrons. The molecule has 322 valence electrons. The Morgan fingerprint density at radius 2 is 1.02 bits per heavy atom. The molecule has 0 bridgehead atoms. The standard InChI is InChI=1S/C25H25N3O2S2.C24H29N3O2S/c1-15-12-16(2)23(17(3)13-15)28-24(30)18-9-10-20-21(14-18)32-25(26-20)27-22(29)8-4-6-19-7-5-11-31-19;1-5-6-7-8-9-21(28)26-24-25-19-11-10-18(14-20(19)30-24)23(29)27-22-16(3)12-15(2)13-17(22)4/h5,7,9-14H,4,6,8H2,1-3H3,(H,28,30)(H,26,27,29);10-14H,5-9H2,1-4H3,(H,27,29)(H,25,26,28). The van der Waals surface area contributed by atoms with Crippen LogP contribution in [0.3, 0.4) is 0 Å². The number of aromatic nitrogens is 2. The first kappa shape index (κ1) is 45.8. The molecule has 0 aliphatic heterocycles. The average molecular weight is 887 g/mol. The van der Waals surface area contributed by atoms with Crippen LogP contribution in [-0.4, -0.2) is 33.6 Å². The van der Waals surface area contributed by atoms with Crippen molar-refractivity contribution in [2.45, 2.75) is 99.8 Å². The average Bonchev–Trinajstić information content (AvgIpc) is 3.98. The van der Waals surface area contributed by atoms with Gasteiger partial charge in [-0.3, -0.25) is 19.2 Å². The second-order valence-electron chi connectivity index (χ2n) is 15.7. The summed E-state index contributed by atoms with van der Waals surface area (Å²) >= 11 is 4.49. The summed E-state index contributed by atoms with van der Waals surface area (Å²) in [6.07, 6.45) is 6.95. The summed E-state index contributed by atoms with van der Waals surface area (Å²) < 4.78 is 1.74. The molecule has 0 fully saturated rings. The molecule has 3 heterocycles. The molecule has 3 aromatic heterocycles. The van der Waals surface area contributed by atoms with Gasteiger partial charge in [0.2, 0.25) is 11.8 Å². The van der Waals surface area contributed by atoms with Gasteiger partial charge in [0, 0.05) is 40.2 Å². The third kappa shape index (κ3) is 12.4. The van der Waals surface area contributed by atoms with Gasteiger partial charge in [-0.2, -0.15) is 0 Å². The van der Waals surface area contributed by atoms with Gasteiger partial charge < -0.3 is 21.3 Å². The maximum Gasteiger partial charge on any atom is 0.255 e. The predicted molar refractivity (Wildman–Crippen MR) is 260 cm³/mol. The first-order valence-electron chi connectivity index (χ1n) is 21.0. The van der Waals surface area contributed by atoms with Gasteiger partial charge in [0.05, 0.1) is 20.4 Å². The quantitative estimate of drug-likeness (QED) is 0.0755. The summed E-state index contributed by atoms with van der Waals surface area (Å²) in [5.74, 6) is -0.353. The molecule has 13 heteroatoms. The van der Waals surface area contributed by atoms with Crippen LogP contribution in [0.25, 0.3) is 20.4 Å². The van der Waals surface area contributed by atoms with Crippen molar-refractivity contribution in [2.75, 3.05) is 21.3 Å². The van der Waals surface area contributed by atoms with E-state index in [9.17, 15) is 19.2 Å². The number of amides is 4. The van der Waals surface area contributed by atoms with Crippen LogP contribution in [0.15, 0.2) is 78.2 Å². The fraction of sp³-hybridized carbons (Fsp3) is 0.306. The van der Waals surface area contributed by atoms with Gasteiger partial charge in [0.15, 0.2) is 10.3 Å². The zero-order valence-corrected chi connectivity index (χ0v) is 38.9. The van der Waals surface area contributed by atoms with Gasteiger partial charge in [-0.05, 0) is 131 Å². The minimum atomic E-state index is -0.158. The summed E-state index contributed by atoms with van der Waals surface area (Å²) in [6, 6.07) is 23.2. The van der Waals surface area contributed by atoms with E-state index in [0.29, 0.717) is 34.2 Å². The van der Waals surface area contributed by atoms with Crippen molar-refractivity contribution in [1.82, 2.24) is 9.97 Å². The van der Waals surface area contributed by atoms with Crippen LogP contribution >= 0.6 is 34.0 Å². The van der Waals surface area contributed by atoms with Crippen molar-refractivity contribution < 1.29 is 19.2 Å². The fourth-order valence-electron chi connectivity index (χ4n) is 7.32. The summed E-state index contributed by atoms with van der Waals surface area (Å²) in [5.41, 5.74) is 10.9. The van der Waals surface area contributed by atoms with Crippen molar-refractivity contribution in [3.8, 4) is 0 Å². The van der Waals surface area contributed by atoms with E-state index in [1.54, 1.807) is 23.5 Å². The number of fused-ring (bicyclic) bond motifs is 2. The van der Waals surface area contributed by atoms with Crippen molar-refractivity contribution in [2.24, 2.45) is 0 Å². The fourth-order valence-corrected chi connectivity index (χ4v) is 9.91. The molecule has 0 saturated heterocycles. The summed E-state index contributed by atoms with van der Waals surface area (Å²) in [5, 5.41) is 15.0. The number of rotatable bonds is 15. The Bertz CT molecular complexity index is 2670. The minimum absolute atomic E-state index is 0.00607. The van der Waals surface area contributed by atoms with Gasteiger partial charge in [-0.25, -0.2) is 9.97 Å². The number of carbonyl (C=O) groups is 4. The van der Waals surface area contributed by atoms with Crippen molar-refractivity contribution in [1.29, 1.82) is 0 Å². The van der Waals surface area contributed by atoms with Gasteiger partial charge in [-0.1, -0.05) is 90.3 Å². The van der Waals surface area contributed by atoms with E-state index >= 15 is 0 Å². The molecule has 4 amide bonds. The maximum absolute atomic E-state index is 12.9. The number of anilines is 4. The smallest absolute Gasteiger partial charge is 0.255 e. The van der Waals surface area contributed by atoms with E-state index in [4.69, 9.17) is 0 Å². The van der Waals surface area contributed by atoms with Crippen LogP contribution in [-0.2, 0) is 16.0 Å². The number of nitrogens with one attached hydrogen (secondary N) is 4. The Morgan fingerprint density at radius 3 is 1.45 bits per heavy atom. The molecule has 7 rings (SSSR count). The molecule has 0 unspecified atom stereocenters. The van der Waals surface area contributed by atoms with E-state index in [0.717, 1.165) is 92.6 Å². The van der Waals surface area contributed by atoms with Gasteiger partial charge in [0.25, 0.3) is 11.8 Å². The van der Waals surface area contributed by atoms with E-state index in [1.807, 2.05) is 77.3 Å². The summed E-state index contributed by atoms with van der Waals surface area (Å²) in [7, 11) is 0. The number of hydrogen-bond acceptors (Lipinski definition) is 9. The number of aryl methyl sites for hydroxylation is 7. The Morgan fingerprint density at radius 1 is 0.548 bits per heavy atom. The zero-order chi connectivity index (χ0) is 44.3. The van der Waals surface area contributed by atoms with Gasteiger partial charge in [0.1, 0.15) is 0 Å². The SMILES string of the molecule is CCCCCCC(=O)Nc1nc2ccc(C(=O)Nc3c(C)cc(C)cc3C)cc2s1.Cc1cc(C)c(NC(=O)c2ccc3nc(NC(=O)CCCc4cccs4)sc3c2)c(C)c1. The van der Waals surface area contributed by atoms with E-state index in [-0.39, 0.29) is 23.6 Å². The lowest BCUT2D eigenvalue weighted by Crippen LogP contribution is -2.13. The minimum Gasteiger partial charge on any atom is -0.322 e. The number of thiazole rings is 2. The Labute approximate surface area is 375 Å². The molecule has 62 heavy (non-hydrogen) atoms. The lowest BCUT2D eigenvalue weighted by molar-refractivity contribution is -0.117. The monoisotopic (exact) mass is 886 g/mol. The molecule has 0 aliphatic rings. The molecule has 0 saturated carbocycles. The molecular formula is C49H54N6O4S3. The van der Waals surface area contributed by atoms with E-state index in [2.05, 4.69) is 68.5 Å². The van der Waals surface area contributed by atoms with Crippen LogP contribution in [0.4, 0.5) is 21.6 Å². The highest BCUT2D eigenvalue weighted by molar-refractivity contribution is 7.22. The molecule has 7 aromatic rings. The third-order valence-corrected chi connectivity index (χ3v) is 13.1. The van der Waals surface area contributed by atoms with Crippen LogP contribution < -0.4 is 21.3 Å². The molecule has 4 aromatic carbocycles. The zero-order valence-electron chi connectivity index (χ0n) is 36.4. The Hall–Kier alpha value is -5.76. The van der Waals surface area contributed by atoms with E-state index in [1.165, 1.54) is 38.7 Å². The third-order valence-electron chi connectivity index (χ3n) is 10.3. The highest BCUT2D eigenvalue weighted by Crippen LogP contribution is 2.30. The molecule has 0 spiro atoms. The lowest BCUT2D eigenvalue weighted by Gasteiger charge is -2.12. The molecule has 0 aliphatic carbocycles. The van der Waals surface area contributed by atoms with Gasteiger partial charge >= 0.3 is 0 Å². The van der Waals surface area contributed by atoms with Crippen molar-refractivity contribution in [3.63, 3.8) is 0 Å². The highest BCUT2D eigenvalue weighted by atomic mass is 32.1. The number of benzene rings is 4. The summed E-state index contributed by atoms with van der Waals surface area (Å²) in [6.45, 7) is 14.2. The van der Waals surface area contributed by atoms with Crippen LogP contribution in [0.5, 0.6) is 0 Å². The Balaban J connectivity index is 0.000000207. The highest BCUT2D eigenvalue weighted by Gasteiger charge is 2.16. The molecule has 10 nitrogen and oxygen atoms in total. The second kappa shape index (κ2) is 21.4. The first-order valence-corrected chi connectivity index (χ1v) is 23.5. The number of hydrogen-bond donors (Lipinski definition) is 4. The Kier molecular flexibility index (Phi) is 15.8. The lowest BCUT2D eigenvalue weighted by atomic mass is 10.0. The second-order valence-corrected chi connectivity index (χ2v) is 18.8. The van der Waals surface area contributed by atoms with Crippen LogP contribution in [0, 0.1) is 41.5 Å². The van der Waals surface area contributed by atoms with Crippen LogP contribution in [0.1, 0.15) is 111 Å². The molecule has 4 N–H and O–H groups in total. The number of unbranched alkanes of at least 4 members (excludes halogenated alkanes) is 3. The topological polar surface area (TPSA) is 142 Å². The van der Waals surface area contributed by atoms with Crippen molar-refractivity contribution in [3.05, 3.63) is 128 Å². The molecule has 0 atom stereocenters. The number of thiophene rings is 1. The summed E-state index contributed by atoms with van der Waals surface area (Å²) in [4.78, 5) is 60.3. The number of nitrogens with zero attached hydrogens (tertiary/aromatic N) is 2. The van der Waals surface area contributed by atoms with Gasteiger partial charge in [-0.15, -0.1) is 11.3 Å². The largest absolute Gasteiger partial charge is 0.322 e. The van der Waals surface area contributed by atoms with Crippen molar-refractivity contribution >= 4 is 99.7 Å². The van der Waals surface area contributed by atoms with Crippen LogP contribution in [0.2, 0.25) is 0 Å². The normalized spacial score (nSPS) is 11.0. The number of carbonyl (C=O) groups excluding carboxylic acids is 4. The van der Waals surface area contributed by atoms with E-state index < -0.39 is 0 Å². The first-order chi connectivity index (χ1) is 29.8. The molecular weight excluding hydrogens is 833 g/mol. The predicted octanol–water partition coefficient (Wildman–Crippen LogP) is 12.9.